The lowest BCUT2D eigenvalue weighted by Crippen LogP contribution is -2.33. The Morgan fingerprint density at radius 3 is 1.82 bits per heavy atom. The zero-order chi connectivity index (χ0) is 28.7. The molecule has 2 atom stereocenters. The Hall–Kier alpha value is -3.75. The third-order valence-electron chi connectivity index (χ3n) is 5.54. The molecular weight excluding hydrogens is 531 g/mol. The topological polar surface area (TPSA) is 111 Å². The minimum atomic E-state index is -5.08. The van der Waals surface area contributed by atoms with Crippen LogP contribution in [0.1, 0.15) is 15.9 Å². The van der Waals surface area contributed by atoms with Gasteiger partial charge in [-0.05, 0) is 41.7 Å². The summed E-state index contributed by atoms with van der Waals surface area (Å²) in [6.07, 6.45) is -6.85. The van der Waals surface area contributed by atoms with Gasteiger partial charge < -0.3 is 15.1 Å². The molecule has 0 bridgehead atoms. The minimum absolute atomic E-state index is 0.0779. The first kappa shape index (κ1) is 30.5. The molecule has 1 amide bonds. The van der Waals surface area contributed by atoms with Crippen molar-refractivity contribution in [3.8, 4) is 0 Å². The Labute approximate surface area is 211 Å². The molecule has 2 fully saturated rings. The highest BCUT2D eigenvalue weighted by molar-refractivity contribution is 5.94. The van der Waals surface area contributed by atoms with Crippen LogP contribution in [0.15, 0.2) is 48.8 Å². The van der Waals surface area contributed by atoms with Crippen LogP contribution in [0.3, 0.4) is 0 Å². The molecule has 2 aromatic rings. The van der Waals surface area contributed by atoms with Gasteiger partial charge in [0, 0.05) is 45.1 Å². The number of benzene rings is 1. The summed E-state index contributed by atoms with van der Waals surface area (Å²) >= 11 is 0. The molecule has 15 heteroatoms. The summed E-state index contributed by atoms with van der Waals surface area (Å²) in [5, 5.41) is 14.2. The molecule has 0 radical (unpaired) electrons. The summed E-state index contributed by atoms with van der Waals surface area (Å²) in [5.74, 6) is -4.59. The molecule has 1 aromatic heterocycles. The van der Waals surface area contributed by atoms with E-state index in [2.05, 4.69) is 9.88 Å². The number of alkyl halides is 6. The molecule has 2 N–H and O–H groups in total. The average Bonchev–Trinajstić information content (AvgIpc) is 3.37. The number of aromatic nitrogens is 1. The number of aliphatic carboxylic acids is 2. The molecule has 4 rings (SSSR count). The second-order valence-corrected chi connectivity index (χ2v) is 8.40. The van der Waals surface area contributed by atoms with Gasteiger partial charge in [-0.2, -0.15) is 26.3 Å². The largest absolute Gasteiger partial charge is 0.490 e. The van der Waals surface area contributed by atoms with Gasteiger partial charge >= 0.3 is 24.3 Å². The number of carboxylic acids is 2. The van der Waals surface area contributed by atoms with E-state index in [0.29, 0.717) is 17.4 Å². The van der Waals surface area contributed by atoms with E-state index in [1.165, 1.54) is 6.07 Å². The summed E-state index contributed by atoms with van der Waals surface area (Å²) < 4.78 is 76.8. The maximum absolute atomic E-state index is 13.3. The maximum Gasteiger partial charge on any atom is 0.490 e. The van der Waals surface area contributed by atoms with Crippen LogP contribution in [0, 0.1) is 17.7 Å². The first-order valence-electron chi connectivity index (χ1n) is 10.8. The molecule has 8 nitrogen and oxygen atoms in total. The van der Waals surface area contributed by atoms with Gasteiger partial charge in [-0.25, -0.2) is 14.0 Å². The van der Waals surface area contributed by atoms with Crippen LogP contribution in [0.2, 0.25) is 0 Å². The molecule has 0 spiro atoms. The number of rotatable bonds is 3. The fourth-order valence-electron chi connectivity index (χ4n) is 3.95. The Morgan fingerprint density at radius 1 is 0.868 bits per heavy atom. The minimum Gasteiger partial charge on any atom is -0.475 e. The van der Waals surface area contributed by atoms with Crippen molar-refractivity contribution in [2.45, 2.75) is 18.9 Å². The third-order valence-corrected chi connectivity index (χ3v) is 5.54. The van der Waals surface area contributed by atoms with E-state index < -0.39 is 24.3 Å². The predicted octanol–water partition coefficient (Wildman–Crippen LogP) is 3.69. The Morgan fingerprint density at radius 2 is 1.39 bits per heavy atom. The molecule has 3 heterocycles. The van der Waals surface area contributed by atoms with Gasteiger partial charge in [0.2, 0.25) is 0 Å². The third kappa shape index (κ3) is 9.28. The number of carboxylic acid groups (broad SMARTS) is 2. The van der Waals surface area contributed by atoms with Crippen molar-refractivity contribution in [2.75, 3.05) is 26.2 Å². The fraction of sp³-hybridized carbons (Fsp3) is 0.391. The Balaban J connectivity index is 0.000000301. The predicted molar refractivity (Wildman–Crippen MR) is 116 cm³/mol. The van der Waals surface area contributed by atoms with E-state index in [0.717, 1.165) is 38.3 Å². The summed E-state index contributed by atoms with van der Waals surface area (Å²) in [6, 6.07) is 10.4. The van der Waals surface area contributed by atoms with Gasteiger partial charge in [0.15, 0.2) is 0 Å². The molecule has 2 saturated heterocycles. The van der Waals surface area contributed by atoms with Crippen molar-refractivity contribution in [1.29, 1.82) is 0 Å². The number of carbonyl (C=O) groups is 3. The van der Waals surface area contributed by atoms with E-state index in [9.17, 15) is 35.5 Å². The van der Waals surface area contributed by atoms with Crippen molar-refractivity contribution < 1.29 is 55.3 Å². The van der Waals surface area contributed by atoms with E-state index in [1.54, 1.807) is 30.6 Å². The van der Waals surface area contributed by atoms with Crippen LogP contribution in [0.5, 0.6) is 0 Å². The molecule has 0 aliphatic carbocycles. The molecule has 2 unspecified atom stereocenters. The number of amides is 1. The molecule has 1 aromatic carbocycles. The van der Waals surface area contributed by atoms with Gasteiger partial charge in [0.25, 0.3) is 5.91 Å². The van der Waals surface area contributed by atoms with E-state index in [1.807, 2.05) is 17.0 Å². The quantitative estimate of drug-likeness (QED) is 0.558. The smallest absolute Gasteiger partial charge is 0.475 e. The number of pyridine rings is 1. The van der Waals surface area contributed by atoms with Gasteiger partial charge in [0.05, 0.1) is 5.56 Å². The number of halogens is 7. The fourth-order valence-corrected chi connectivity index (χ4v) is 3.95. The highest BCUT2D eigenvalue weighted by Gasteiger charge is 2.42. The maximum atomic E-state index is 13.3. The van der Waals surface area contributed by atoms with Crippen molar-refractivity contribution in [2.24, 2.45) is 11.8 Å². The monoisotopic (exact) mass is 553 g/mol. The lowest BCUT2D eigenvalue weighted by molar-refractivity contribution is -0.193. The van der Waals surface area contributed by atoms with E-state index in [-0.39, 0.29) is 11.7 Å². The van der Waals surface area contributed by atoms with Crippen LogP contribution < -0.4 is 0 Å². The zero-order valence-corrected chi connectivity index (χ0v) is 19.4. The number of carbonyl (C=O) groups excluding carboxylic acids is 1. The summed E-state index contributed by atoms with van der Waals surface area (Å²) in [5.41, 5.74) is 1.67. The van der Waals surface area contributed by atoms with Crippen LogP contribution in [-0.2, 0) is 16.1 Å². The number of fused-ring (bicyclic) bond motifs is 1. The summed E-state index contributed by atoms with van der Waals surface area (Å²) in [4.78, 5) is 38.7. The summed E-state index contributed by atoms with van der Waals surface area (Å²) in [6.45, 7) is 4.33. The first-order chi connectivity index (χ1) is 17.6. The van der Waals surface area contributed by atoms with Crippen LogP contribution in [0.4, 0.5) is 30.7 Å². The van der Waals surface area contributed by atoms with E-state index in [4.69, 9.17) is 19.8 Å². The highest BCUT2D eigenvalue weighted by Crippen LogP contribution is 2.32. The van der Waals surface area contributed by atoms with Gasteiger partial charge in [-0.15, -0.1) is 0 Å². The van der Waals surface area contributed by atoms with Gasteiger partial charge in [-0.1, -0.05) is 12.1 Å². The normalized spacial score (nSPS) is 19.0. The number of likely N-dealkylation sites (tertiary alicyclic amines) is 2. The lowest BCUT2D eigenvalue weighted by atomic mass is 10.0. The standard InChI is InChI=1S/C19H20FN3O.2C2HF3O2/c20-18-5-1-3-14(7-18)9-22-10-16-12-23(13-17(16)11-22)19(24)15-4-2-6-21-8-15;2*3-2(4,5)1(6)7/h1-8,16-17H,9-13H2;2*(H,6,7). The van der Waals surface area contributed by atoms with Crippen molar-refractivity contribution in [1.82, 2.24) is 14.8 Å². The van der Waals surface area contributed by atoms with Crippen molar-refractivity contribution in [3.63, 3.8) is 0 Å². The zero-order valence-electron chi connectivity index (χ0n) is 19.4. The average molecular weight is 553 g/mol. The molecule has 2 aliphatic rings. The van der Waals surface area contributed by atoms with Crippen molar-refractivity contribution >= 4 is 17.8 Å². The molecule has 0 saturated carbocycles. The molecular formula is C23H22F7N3O5. The molecule has 2 aliphatic heterocycles. The van der Waals surface area contributed by atoms with Crippen LogP contribution >= 0.6 is 0 Å². The number of nitrogens with zero attached hydrogens (tertiary/aromatic N) is 3. The molecule has 38 heavy (non-hydrogen) atoms. The van der Waals surface area contributed by atoms with Crippen molar-refractivity contribution in [3.05, 3.63) is 65.7 Å². The molecule has 208 valence electrons. The second-order valence-electron chi connectivity index (χ2n) is 8.40. The number of hydrogen-bond acceptors (Lipinski definition) is 5. The summed E-state index contributed by atoms with van der Waals surface area (Å²) in [7, 11) is 0. The Bertz CT molecular complexity index is 1070. The Kier molecular flexibility index (Phi) is 10.2. The second kappa shape index (κ2) is 12.7. The lowest BCUT2D eigenvalue weighted by Gasteiger charge is -2.21. The number of hydrogen-bond donors (Lipinski definition) is 2. The van der Waals surface area contributed by atoms with Gasteiger partial charge in [0.1, 0.15) is 5.82 Å². The van der Waals surface area contributed by atoms with Crippen LogP contribution in [-0.4, -0.2) is 81.4 Å². The SMILES string of the molecule is O=C(O)C(F)(F)F.O=C(O)C(F)(F)F.O=C(c1cccnc1)N1CC2CN(Cc3cccc(F)c3)CC2C1. The highest BCUT2D eigenvalue weighted by atomic mass is 19.4. The first-order valence-corrected chi connectivity index (χ1v) is 10.8. The van der Waals surface area contributed by atoms with E-state index >= 15 is 0 Å². The van der Waals surface area contributed by atoms with Gasteiger partial charge in [-0.3, -0.25) is 14.7 Å². The van der Waals surface area contributed by atoms with Crippen LogP contribution in [0.25, 0.3) is 0 Å².